The van der Waals surface area contributed by atoms with Crippen molar-refractivity contribution in [1.82, 2.24) is 0 Å². The molecule has 0 radical (unpaired) electrons. The zero-order valence-electron chi connectivity index (χ0n) is 5.37. The van der Waals surface area contributed by atoms with Crippen molar-refractivity contribution in [2.24, 2.45) is 0 Å². The topological polar surface area (TPSA) is 52.6 Å². The van der Waals surface area contributed by atoms with Gasteiger partial charge in [0.15, 0.2) is 0 Å². The molecule has 4 nitrogen and oxygen atoms in total. The van der Waals surface area contributed by atoms with Crippen LogP contribution in [0.15, 0.2) is 12.3 Å². The van der Waals surface area contributed by atoms with Crippen LogP contribution in [-0.4, -0.2) is 18.0 Å². The lowest BCUT2D eigenvalue weighted by atomic mass is 10.4. The van der Waals surface area contributed by atoms with Crippen LogP contribution < -0.4 is 0 Å². The van der Waals surface area contributed by atoms with E-state index in [0.29, 0.717) is 0 Å². The minimum atomic E-state index is -0.836. The Morgan fingerprint density at radius 1 is 1.80 bits per heavy atom. The van der Waals surface area contributed by atoms with E-state index in [4.69, 9.17) is 0 Å². The summed E-state index contributed by atoms with van der Waals surface area (Å²) in [6, 6.07) is 0. The maximum Gasteiger partial charge on any atom is 0.356 e. The van der Waals surface area contributed by atoms with Gasteiger partial charge in [0.1, 0.15) is 0 Å². The van der Waals surface area contributed by atoms with Crippen molar-refractivity contribution in [2.45, 2.75) is 13.0 Å². The Morgan fingerprint density at radius 3 is 2.90 bits per heavy atom. The third-order valence-corrected chi connectivity index (χ3v) is 0.963. The number of carbonyl (C=O) groups is 2. The summed E-state index contributed by atoms with van der Waals surface area (Å²) in [7, 11) is 0. The average molecular weight is 142 g/mol. The molecule has 0 aliphatic carbocycles. The summed E-state index contributed by atoms with van der Waals surface area (Å²) in [5, 5.41) is 0. The van der Waals surface area contributed by atoms with Gasteiger partial charge in [-0.25, -0.2) is 4.79 Å². The average Bonchev–Trinajstić information content (AvgIpc) is 2.15. The Hall–Kier alpha value is -1.32. The van der Waals surface area contributed by atoms with E-state index in [0.717, 1.165) is 0 Å². The minimum Gasteiger partial charge on any atom is -0.446 e. The molecule has 54 valence electrons. The highest BCUT2D eigenvalue weighted by molar-refractivity contribution is 5.82. The van der Waals surface area contributed by atoms with E-state index in [2.05, 4.69) is 9.47 Å². The largest absolute Gasteiger partial charge is 0.446 e. The van der Waals surface area contributed by atoms with Crippen LogP contribution in [-0.2, 0) is 19.1 Å². The highest BCUT2D eigenvalue weighted by Gasteiger charge is 2.23. The Balaban J connectivity index is 2.48. The van der Waals surface area contributed by atoms with E-state index in [1.807, 2.05) is 0 Å². The van der Waals surface area contributed by atoms with Crippen LogP contribution in [0.25, 0.3) is 0 Å². The SMILES string of the molecule is CC(=O)OC1C=COC1=O. The lowest BCUT2D eigenvalue weighted by molar-refractivity contribution is -0.157. The van der Waals surface area contributed by atoms with E-state index < -0.39 is 18.0 Å². The maximum atomic E-state index is 10.5. The highest BCUT2D eigenvalue weighted by atomic mass is 16.6. The third kappa shape index (κ3) is 1.34. The van der Waals surface area contributed by atoms with Gasteiger partial charge in [0.05, 0.1) is 6.26 Å². The Kier molecular flexibility index (Phi) is 1.71. The summed E-state index contributed by atoms with van der Waals surface area (Å²) in [6.07, 6.45) is 1.75. The molecule has 1 heterocycles. The smallest absolute Gasteiger partial charge is 0.356 e. The molecule has 0 fully saturated rings. The predicted octanol–water partition coefficient (Wildman–Crippen LogP) is -0.0114. The van der Waals surface area contributed by atoms with Crippen molar-refractivity contribution >= 4 is 11.9 Å². The molecule has 0 N–H and O–H groups in total. The third-order valence-electron chi connectivity index (χ3n) is 0.963. The number of rotatable bonds is 1. The van der Waals surface area contributed by atoms with E-state index >= 15 is 0 Å². The van der Waals surface area contributed by atoms with Gasteiger partial charge in [-0.05, 0) is 0 Å². The lowest BCUT2D eigenvalue weighted by Gasteiger charge is -2.02. The van der Waals surface area contributed by atoms with Crippen LogP contribution in [0.1, 0.15) is 6.92 Å². The quantitative estimate of drug-likeness (QED) is 0.483. The molecular formula is C6H6O4. The minimum absolute atomic E-state index is 0.492. The van der Waals surface area contributed by atoms with Gasteiger partial charge in [-0.15, -0.1) is 0 Å². The van der Waals surface area contributed by atoms with Crippen LogP contribution in [0, 0.1) is 0 Å². The first kappa shape index (κ1) is 6.80. The molecule has 1 rings (SSSR count). The summed E-state index contributed by atoms with van der Waals surface area (Å²) < 4.78 is 8.89. The molecule has 1 unspecified atom stereocenters. The first-order valence-corrected chi connectivity index (χ1v) is 2.74. The monoisotopic (exact) mass is 142 g/mol. The zero-order chi connectivity index (χ0) is 7.56. The molecule has 0 amide bonds. The van der Waals surface area contributed by atoms with E-state index in [9.17, 15) is 9.59 Å². The first-order valence-electron chi connectivity index (χ1n) is 2.74. The van der Waals surface area contributed by atoms with Crippen LogP contribution in [0.2, 0.25) is 0 Å². The molecule has 0 aromatic heterocycles. The van der Waals surface area contributed by atoms with Crippen molar-refractivity contribution in [3.8, 4) is 0 Å². The van der Waals surface area contributed by atoms with Crippen molar-refractivity contribution in [3.05, 3.63) is 12.3 Å². The van der Waals surface area contributed by atoms with Crippen LogP contribution in [0.3, 0.4) is 0 Å². The molecule has 0 aromatic carbocycles. The summed E-state index contributed by atoms with van der Waals surface area (Å²) in [6.45, 7) is 1.24. The van der Waals surface area contributed by atoms with Crippen molar-refractivity contribution in [3.63, 3.8) is 0 Å². The van der Waals surface area contributed by atoms with E-state index in [1.54, 1.807) is 0 Å². The predicted molar refractivity (Wildman–Crippen MR) is 30.8 cm³/mol. The fourth-order valence-electron chi connectivity index (χ4n) is 0.590. The maximum absolute atomic E-state index is 10.5. The molecule has 0 saturated carbocycles. The molecule has 0 saturated heterocycles. The number of ether oxygens (including phenoxy) is 2. The summed E-state index contributed by atoms with van der Waals surface area (Å²) in [5.74, 6) is -1.04. The van der Waals surface area contributed by atoms with E-state index in [-0.39, 0.29) is 0 Å². The van der Waals surface area contributed by atoms with Gasteiger partial charge in [-0.3, -0.25) is 4.79 Å². The van der Waals surface area contributed by atoms with Crippen molar-refractivity contribution in [2.75, 3.05) is 0 Å². The second kappa shape index (κ2) is 2.51. The number of hydrogen-bond donors (Lipinski definition) is 0. The summed E-state index contributed by atoms with van der Waals surface area (Å²) >= 11 is 0. The number of esters is 2. The standard InChI is InChI=1S/C6H6O4/c1-4(7)10-5-2-3-9-6(5)8/h2-3,5H,1H3. The van der Waals surface area contributed by atoms with Gasteiger partial charge in [0, 0.05) is 13.0 Å². The number of hydrogen-bond acceptors (Lipinski definition) is 4. The molecule has 0 bridgehead atoms. The molecule has 10 heavy (non-hydrogen) atoms. The van der Waals surface area contributed by atoms with Crippen LogP contribution in [0.5, 0.6) is 0 Å². The fourth-order valence-corrected chi connectivity index (χ4v) is 0.590. The Morgan fingerprint density at radius 2 is 2.50 bits per heavy atom. The van der Waals surface area contributed by atoms with Gasteiger partial charge < -0.3 is 9.47 Å². The zero-order valence-corrected chi connectivity index (χ0v) is 5.37. The summed E-state index contributed by atoms with van der Waals surface area (Å²) in [5.41, 5.74) is 0. The molecule has 1 atom stereocenters. The van der Waals surface area contributed by atoms with Crippen molar-refractivity contribution in [1.29, 1.82) is 0 Å². The normalized spacial score (nSPS) is 22.5. The van der Waals surface area contributed by atoms with Gasteiger partial charge >= 0.3 is 11.9 Å². The molecule has 1 aliphatic heterocycles. The summed E-state index contributed by atoms with van der Waals surface area (Å²) in [4.78, 5) is 20.8. The number of carbonyl (C=O) groups excluding carboxylic acids is 2. The van der Waals surface area contributed by atoms with E-state index in [1.165, 1.54) is 19.3 Å². The van der Waals surface area contributed by atoms with Crippen LogP contribution >= 0.6 is 0 Å². The Bertz CT molecular complexity index is 194. The molecule has 0 aromatic rings. The van der Waals surface area contributed by atoms with Gasteiger partial charge in [-0.1, -0.05) is 0 Å². The van der Waals surface area contributed by atoms with Gasteiger partial charge in [-0.2, -0.15) is 0 Å². The second-order valence-corrected chi connectivity index (χ2v) is 1.80. The van der Waals surface area contributed by atoms with Gasteiger partial charge in [0.25, 0.3) is 0 Å². The molecule has 1 aliphatic rings. The number of cyclic esters (lactones) is 1. The first-order chi connectivity index (χ1) is 4.70. The van der Waals surface area contributed by atoms with Crippen molar-refractivity contribution < 1.29 is 19.1 Å². The van der Waals surface area contributed by atoms with Crippen LogP contribution in [0.4, 0.5) is 0 Å². The molecular weight excluding hydrogens is 136 g/mol. The second-order valence-electron chi connectivity index (χ2n) is 1.80. The van der Waals surface area contributed by atoms with Gasteiger partial charge in [0.2, 0.25) is 6.10 Å². The highest BCUT2D eigenvalue weighted by Crippen LogP contribution is 2.05. The lowest BCUT2D eigenvalue weighted by Crippen LogP contribution is -2.20. The molecule has 4 heteroatoms. The molecule has 0 spiro atoms. The Labute approximate surface area is 57.4 Å². The fraction of sp³-hybridized carbons (Fsp3) is 0.333.